The number of hydrogen-bond acceptors (Lipinski definition) is 8. The summed E-state index contributed by atoms with van der Waals surface area (Å²) in [6, 6.07) is 10.9. The van der Waals surface area contributed by atoms with Crippen LogP contribution >= 0.6 is 11.6 Å². The van der Waals surface area contributed by atoms with Gasteiger partial charge >= 0.3 is 0 Å². The topological polar surface area (TPSA) is 136 Å². The number of amides is 1. The third kappa shape index (κ3) is 5.65. The van der Waals surface area contributed by atoms with Crippen molar-refractivity contribution in [3.63, 3.8) is 0 Å². The van der Waals surface area contributed by atoms with Gasteiger partial charge in [-0.15, -0.1) is 15.3 Å². The van der Waals surface area contributed by atoms with Gasteiger partial charge in [-0.3, -0.25) is 4.79 Å². The Kier molecular flexibility index (Phi) is 7.71. The molecule has 1 aliphatic carbocycles. The summed E-state index contributed by atoms with van der Waals surface area (Å²) >= 11 is 6.05. The molecule has 35 heavy (non-hydrogen) atoms. The quantitative estimate of drug-likeness (QED) is 0.357. The first-order valence-corrected chi connectivity index (χ1v) is 12.1. The van der Waals surface area contributed by atoms with Gasteiger partial charge in [-0.2, -0.15) is 4.52 Å². The van der Waals surface area contributed by atoms with Crippen LogP contribution in [0.3, 0.4) is 0 Å². The van der Waals surface area contributed by atoms with Crippen LogP contribution in [0.4, 0.5) is 17.3 Å². The molecule has 1 amide bonds. The van der Waals surface area contributed by atoms with Crippen LogP contribution in [0.2, 0.25) is 5.02 Å². The van der Waals surface area contributed by atoms with Crippen molar-refractivity contribution in [3.05, 3.63) is 64.8 Å². The second kappa shape index (κ2) is 11.1. The van der Waals surface area contributed by atoms with Crippen LogP contribution in [-0.4, -0.2) is 35.7 Å². The fourth-order valence-corrected chi connectivity index (χ4v) is 4.16. The highest BCUT2D eigenvalue weighted by Gasteiger charge is 2.22. The number of aromatic nitrogens is 6. The van der Waals surface area contributed by atoms with Crippen molar-refractivity contribution in [1.82, 2.24) is 35.1 Å². The lowest BCUT2D eigenvalue weighted by molar-refractivity contribution is 0.0945. The largest absolute Gasteiger partial charge is 0.382 e. The molecule has 1 aromatic carbocycles. The van der Waals surface area contributed by atoms with Gasteiger partial charge in [-0.25, -0.2) is 9.97 Å². The van der Waals surface area contributed by atoms with Gasteiger partial charge in [0.25, 0.3) is 5.91 Å². The molecular formula is C24H28ClN9O. The smallest absolute Gasteiger partial charge is 0.274 e. The summed E-state index contributed by atoms with van der Waals surface area (Å²) in [5.74, 6) is 1.07. The number of anilines is 3. The molecule has 182 valence electrons. The van der Waals surface area contributed by atoms with Gasteiger partial charge in [-0.05, 0) is 43.2 Å². The molecule has 1 aliphatic rings. The number of carbonyl (C=O) groups excluding carboxylic acids is 1. The summed E-state index contributed by atoms with van der Waals surface area (Å²) in [7, 11) is 0. The van der Waals surface area contributed by atoms with Crippen molar-refractivity contribution in [2.24, 2.45) is 0 Å². The lowest BCUT2D eigenvalue weighted by atomic mass is 10.0. The molecule has 0 aliphatic heterocycles. The van der Waals surface area contributed by atoms with E-state index in [-0.39, 0.29) is 18.1 Å². The third-order valence-electron chi connectivity index (χ3n) is 5.64. The number of nitrogen functional groups attached to an aromatic ring is 1. The van der Waals surface area contributed by atoms with Crippen LogP contribution < -0.4 is 16.4 Å². The molecule has 0 bridgehead atoms. The number of halogens is 1. The van der Waals surface area contributed by atoms with E-state index >= 15 is 0 Å². The Morgan fingerprint density at radius 3 is 2.74 bits per heavy atom. The van der Waals surface area contributed by atoms with Crippen LogP contribution in [0.1, 0.15) is 67.5 Å². The number of nitrogens with zero attached hydrogens (tertiary/aromatic N) is 6. The van der Waals surface area contributed by atoms with E-state index < -0.39 is 5.91 Å². The second-order valence-corrected chi connectivity index (χ2v) is 8.37. The first-order valence-electron chi connectivity index (χ1n) is 11.7. The third-order valence-corrected chi connectivity index (χ3v) is 5.87. The zero-order valence-corrected chi connectivity index (χ0v) is 20.5. The number of fused-ring (bicyclic) bond motifs is 1. The van der Waals surface area contributed by atoms with E-state index in [0.29, 0.717) is 28.2 Å². The zero-order chi connectivity index (χ0) is 24.8. The molecule has 0 spiro atoms. The molecule has 11 heteroatoms. The average Bonchev–Trinajstić information content (AvgIpc) is 3.54. The average molecular weight is 494 g/mol. The van der Waals surface area contributed by atoms with Gasteiger partial charge in [0.15, 0.2) is 28.8 Å². The van der Waals surface area contributed by atoms with E-state index in [2.05, 4.69) is 35.9 Å². The number of nitrogens with one attached hydrogen (secondary N) is 2. The molecule has 1 saturated carbocycles. The number of benzene rings is 1. The van der Waals surface area contributed by atoms with E-state index in [9.17, 15) is 4.79 Å². The fraction of sp³-hybridized carbons (Fsp3) is 0.333. The summed E-state index contributed by atoms with van der Waals surface area (Å²) in [6.45, 7) is 4.10. The Bertz CT molecular complexity index is 1320. The Morgan fingerprint density at radius 2 is 1.97 bits per heavy atom. The molecule has 0 radical (unpaired) electrons. The molecule has 4 N–H and O–H groups in total. The predicted molar refractivity (Wildman–Crippen MR) is 136 cm³/mol. The Morgan fingerprint density at radius 1 is 1.17 bits per heavy atom. The number of rotatable bonds is 6. The summed E-state index contributed by atoms with van der Waals surface area (Å²) in [4.78, 5) is 21.5. The highest BCUT2D eigenvalue weighted by atomic mass is 35.5. The van der Waals surface area contributed by atoms with Gasteiger partial charge in [-0.1, -0.05) is 44.4 Å². The molecule has 10 nitrogen and oxygen atoms in total. The van der Waals surface area contributed by atoms with Crippen molar-refractivity contribution in [2.45, 2.75) is 52.0 Å². The molecule has 0 atom stereocenters. The molecule has 0 unspecified atom stereocenters. The van der Waals surface area contributed by atoms with E-state index in [0.717, 1.165) is 24.2 Å². The van der Waals surface area contributed by atoms with Gasteiger partial charge < -0.3 is 16.4 Å². The van der Waals surface area contributed by atoms with Gasteiger partial charge in [0, 0.05) is 16.6 Å². The maximum atomic E-state index is 12.8. The summed E-state index contributed by atoms with van der Waals surface area (Å²) < 4.78 is 1.57. The van der Waals surface area contributed by atoms with Crippen LogP contribution in [0.5, 0.6) is 0 Å². The first kappa shape index (κ1) is 24.3. The van der Waals surface area contributed by atoms with E-state index in [1.165, 1.54) is 12.8 Å². The summed E-state index contributed by atoms with van der Waals surface area (Å²) in [5, 5.41) is 19.4. The molecule has 0 saturated heterocycles. The molecular weight excluding hydrogens is 466 g/mol. The minimum absolute atomic E-state index is 0.0996. The van der Waals surface area contributed by atoms with Crippen molar-refractivity contribution in [2.75, 3.05) is 11.1 Å². The monoisotopic (exact) mass is 493 g/mol. The standard InChI is InChI=1S/C22H22ClN9O.C2H6/c23-14-6-3-7-15(10-14)27-17-8-9-18-29-30-19(32(18)31-17)12-26-22(33)20-21(24)25-11-16(28-20)13-4-1-2-5-13;1-2/h3,6-11,13H,1-2,4-5,12H2,(H2,24,25)(H,26,33)(H,27,31);1-2H3. The molecule has 4 aromatic rings. The van der Waals surface area contributed by atoms with E-state index in [1.807, 2.05) is 26.0 Å². The van der Waals surface area contributed by atoms with E-state index in [4.69, 9.17) is 17.3 Å². The number of carbonyl (C=O) groups is 1. The normalized spacial score (nSPS) is 13.3. The highest BCUT2D eigenvalue weighted by Crippen LogP contribution is 2.33. The maximum Gasteiger partial charge on any atom is 0.274 e. The van der Waals surface area contributed by atoms with Crippen molar-refractivity contribution < 1.29 is 4.79 Å². The molecule has 1 fully saturated rings. The van der Waals surface area contributed by atoms with Crippen molar-refractivity contribution >= 4 is 40.5 Å². The second-order valence-electron chi connectivity index (χ2n) is 7.93. The first-order chi connectivity index (χ1) is 17.1. The minimum atomic E-state index is -0.412. The number of hydrogen-bond donors (Lipinski definition) is 3. The van der Waals surface area contributed by atoms with Gasteiger partial charge in [0.1, 0.15) is 0 Å². The van der Waals surface area contributed by atoms with Gasteiger partial charge in [0.2, 0.25) is 0 Å². The Balaban J connectivity index is 0.00000141. The fourth-order valence-electron chi connectivity index (χ4n) is 3.96. The van der Waals surface area contributed by atoms with Crippen LogP contribution in [0.15, 0.2) is 42.6 Å². The summed E-state index contributed by atoms with van der Waals surface area (Å²) in [5.41, 5.74) is 8.24. The lowest BCUT2D eigenvalue weighted by Gasteiger charge is -2.11. The zero-order valence-electron chi connectivity index (χ0n) is 19.7. The Hall–Kier alpha value is -3.79. The summed E-state index contributed by atoms with van der Waals surface area (Å²) in [6.07, 6.45) is 6.12. The molecule has 3 heterocycles. The lowest BCUT2D eigenvalue weighted by Crippen LogP contribution is -2.27. The van der Waals surface area contributed by atoms with Crippen LogP contribution in [0.25, 0.3) is 5.65 Å². The number of nitrogens with two attached hydrogens (primary N) is 1. The molecule has 5 rings (SSSR count). The van der Waals surface area contributed by atoms with Crippen LogP contribution in [0, 0.1) is 0 Å². The highest BCUT2D eigenvalue weighted by molar-refractivity contribution is 6.30. The Labute approximate surface area is 208 Å². The van der Waals surface area contributed by atoms with Gasteiger partial charge in [0.05, 0.1) is 18.4 Å². The van der Waals surface area contributed by atoms with Crippen LogP contribution in [-0.2, 0) is 6.54 Å². The SMILES string of the molecule is CC.Nc1ncc(C2CCCC2)nc1C(=O)NCc1nnc2ccc(Nc3cccc(Cl)c3)nn12. The van der Waals surface area contributed by atoms with Crippen molar-refractivity contribution in [1.29, 1.82) is 0 Å². The minimum Gasteiger partial charge on any atom is -0.382 e. The molecule has 3 aromatic heterocycles. The van der Waals surface area contributed by atoms with Crippen molar-refractivity contribution in [3.8, 4) is 0 Å². The maximum absolute atomic E-state index is 12.8. The van der Waals surface area contributed by atoms with E-state index in [1.54, 1.807) is 35.0 Å². The predicted octanol–water partition coefficient (Wildman–Crippen LogP) is 4.51.